The van der Waals surface area contributed by atoms with Gasteiger partial charge in [0.05, 0.1) is 0 Å². The Balaban J connectivity index is 2.75. The molecule has 5 nitrogen and oxygen atoms in total. The van der Waals surface area contributed by atoms with Crippen molar-refractivity contribution in [1.82, 2.24) is 0 Å². The predicted molar refractivity (Wildman–Crippen MR) is 66.5 cm³/mol. The molecule has 0 unspecified atom stereocenters. The van der Waals surface area contributed by atoms with Crippen LogP contribution in [-0.2, 0) is 4.74 Å². The minimum atomic E-state index is -0.557. The van der Waals surface area contributed by atoms with Gasteiger partial charge in [0.25, 0.3) is 0 Å². The molecule has 0 heterocycles. The largest absolute Gasteiger partial charge is 0.444 e. The van der Waals surface area contributed by atoms with Crippen molar-refractivity contribution in [2.24, 2.45) is 5.18 Å². The zero-order chi connectivity index (χ0) is 13.1. The summed E-state index contributed by atoms with van der Waals surface area (Å²) in [6.45, 7) is 7.11. The highest BCUT2D eigenvalue weighted by Gasteiger charge is 2.16. The highest BCUT2D eigenvalue weighted by molar-refractivity contribution is 5.85. The average molecular weight is 236 g/mol. The van der Waals surface area contributed by atoms with Gasteiger partial charge in [0, 0.05) is 5.69 Å². The number of nitroso groups, excluding NO2 is 1. The van der Waals surface area contributed by atoms with Gasteiger partial charge in [0.2, 0.25) is 0 Å². The summed E-state index contributed by atoms with van der Waals surface area (Å²) in [5, 5.41) is 5.41. The standard InChI is InChI=1S/C12H16N2O3/c1-8-5-6-9(7-10(8)14-16)13-11(15)17-12(2,3)4/h5-7H,1-4H3,(H,13,15). The number of aryl methyl sites for hydroxylation is 1. The van der Waals surface area contributed by atoms with Crippen molar-refractivity contribution in [2.75, 3.05) is 5.32 Å². The number of hydrogen-bond donors (Lipinski definition) is 1. The van der Waals surface area contributed by atoms with E-state index in [1.165, 1.54) is 6.07 Å². The SMILES string of the molecule is Cc1ccc(NC(=O)OC(C)(C)C)cc1N=O. The summed E-state index contributed by atoms with van der Waals surface area (Å²) in [4.78, 5) is 22.0. The number of ether oxygens (including phenoxy) is 1. The summed E-state index contributed by atoms with van der Waals surface area (Å²) in [6, 6.07) is 4.91. The van der Waals surface area contributed by atoms with Crippen LogP contribution in [-0.4, -0.2) is 11.7 Å². The molecule has 0 atom stereocenters. The maximum absolute atomic E-state index is 11.5. The highest BCUT2D eigenvalue weighted by atomic mass is 16.6. The first-order valence-corrected chi connectivity index (χ1v) is 5.26. The molecule has 0 saturated heterocycles. The van der Waals surface area contributed by atoms with Gasteiger partial charge in [-0.25, -0.2) is 4.79 Å². The Hall–Kier alpha value is -1.91. The summed E-state index contributed by atoms with van der Waals surface area (Å²) in [5.41, 5.74) is 0.994. The van der Waals surface area contributed by atoms with E-state index in [2.05, 4.69) is 10.5 Å². The molecular weight excluding hydrogens is 220 g/mol. The number of amides is 1. The third-order valence-corrected chi connectivity index (χ3v) is 1.95. The number of anilines is 1. The van der Waals surface area contributed by atoms with E-state index in [-0.39, 0.29) is 0 Å². The van der Waals surface area contributed by atoms with Crippen molar-refractivity contribution in [3.63, 3.8) is 0 Å². The molecule has 1 rings (SSSR count). The molecule has 1 N–H and O–H groups in total. The lowest BCUT2D eigenvalue weighted by Gasteiger charge is -2.19. The molecule has 1 aromatic rings. The molecule has 17 heavy (non-hydrogen) atoms. The van der Waals surface area contributed by atoms with Crippen LogP contribution < -0.4 is 5.32 Å². The Kier molecular flexibility index (Phi) is 3.83. The minimum absolute atomic E-state index is 0.304. The van der Waals surface area contributed by atoms with E-state index < -0.39 is 11.7 Å². The van der Waals surface area contributed by atoms with E-state index in [0.717, 1.165) is 5.56 Å². The number of carbonyl (C=O) groups excluding carboxylic acids is 1. The van der Waals surface area contributed by atoms with E-state index in [4.69, 9.17) is 4.74 Å². The van der Waals surface area contributed by atoms with Crippen molar-refractivity contribution in [3.8, 4) is 0 Å². The third-order valence-electron chi connectivity index (χ3n) is 1.95. The third kappa shape index (κ3) is 4.22. The van der Waals surface area contributed by atoms with Crippen LogP contribution in [0.25, 0.3) is 0 Å². The second-order valence-electron chi connectivity index (χ2n) is 4.72. The number of nitrogens with zero attached hydrogens (tertiary/aromatic N) is 1. The summed E-state index contributed by atoms with van der Waals surface area (Å²) < 4.78 is 5.09. The Morgan fingerprint density at radius 2 is 2.00 bits per heavy atom. The van der Waals surface area contributed by atoms with E-state index in [9.17, 15) is 9.70 Å². The second kappa shape index (κ2) is 4.95. The van der Waals surface area contributed by atoms with E-state index >= 15 is 0 Å². The smallest absolute Gasteiger partial charge is 0.412 e. The minimum Gasteiger partial charge on any atom is -0.444 e. The lowest BCUT2D eigenvalue weighted by Crippen LogP contribution is -2.27. The summed E-state index contributed by atoms with van der Waals surface area (Å²) in [7, 11) is 0. The Bertz CT molecular complexity index is 436. The summed E-state index contributed by atoms with van der Waals surface area (Å²) >= 11 is 0. The van der Waals surface area contributed by atoms with Crippen molar-refractivity contribution < 1.29 is 9.53 Å². The average Bonchev–Trinajstić information content (AvgIpc) is 2.18. The molecular formula is C12H16N2O3. The van der Waals surface area contributed by atoms with Gasteiger partial charge in [0.15, 0.2) is 0 Å². The molecule has 92 valence electrons. The van der Waals surface area contributed by atoms with Crippen molar-refractivity contribution in [3.05, 3.63) is 28.7 Å². The molecule has 0 aliphatic rings. The zero-order valence-electron chi connectivity index (χ0n) is 10.4. The summed E-state index contributed by atoms with van der Waals surface area (Å²) in [5.74, 6) is 0. The number of nitrogens with one attached hydrogen (secondary N) is 1. The molecule has 0 spiro atoms. The molecule has 1 aromatic carbocycles. The van der Waals surface area contributed by atoms with Crippen LogP contribution in [0.4, 0.5) is 16.2 Å². The van der Waals surface area contributed by atoms with Gasteiger partial charge < -0.3 is 4.74 Å². The van der Waals surface area contributed by atoms with Gasteiger partial charge in [-0.15, -0.1) is 4.91 Å². The predicted octanol–water partition coefficient (Wildman–Crippen LogP) is 3.74. The first-order chi connectivity index (χ1) is 7.81. The quantitative estimate of drug-likeness (QED) is 0.795. The maximum atomic E-state index is 11.5. The van der Waals surface area contributed by atoms with Crippen molar-refractivity contribution in [1.29, 1.82) is 0 Å². The zero-order valence-corrected chi connectivity index (χ0v) is 10.4. The van der Waals surface area contributed by atoms with Crippen LogP contribution in [0.1, 0.15) is 26.3 Å². The van der Waals surface area contributed by atoms with Crippen molar-refractivity contribution in [2.45, 2.75) is 33.3 Å². The molecule has 0 aromatic heterocycles. The fraction of sp³-hybridized carbons (Fsp3) is 0.417. The second-order valence-corrected chi connectivity index (χ2v) is 4.72. The van der Waals surface area contributed by atoms with Gasteiger partial charge in [0.1, 0.15) is 11.3 Å². The lowest BCUT2D eigenvalue weighted by molar-refractivity contribution is 0.0636. The normalized spacial score (nSPS) is 10.8. The van der Waals surface area contributed by atoms with Gasteiger partial charge in [-0.05, 0) is 50.6 Å². The molecule has 0 saturated carbocycles. The fourth-order valence-corrected chi connectivity index (χ4v) is 1.21. The van der Waals surface area contributed by atoms with Crippen LogP contribution in [0.5, 0.6) is 0 Å². The van der Waals surface area contributed by atoms with Crippen LogP contribution in [0.15, 0.2) is 23.4 Å². The molecule has 0 aliphatic carbocycles. The Morgan fingerprint density at radius 1 is 1.35 bits per heavy atom. The summed E-state index contributed by atoms with van der Waals surface area (Å²) in [6.07, 6.45) is -0.557. The monoisotopic (exact) mass is 236 g/mol. The topological polar surface area (TPSA) is 67.8 Å². The van der Waals surface area contributed by atoms with Crippen molar-refractivity contribution >= 4 is 17.5 Å². The number of rotatable bonds is 2. The molecule has 1 amide bonds. The Labute approximate surface area is 100 Å². The first-order valence-electron chi connectivity index (χ1n) is 5.26. The molecule has 0 fully saturated rings. The number of carbonyl (C=O) groups is 1. The van der Waals surface area contributed by atoms with Crippen LogP contribution >= 0.6 is 0 Å². The van der Waals surface area contributed by atoms with E-state index in [1.54, 1.807) is 39.8 Å². The molecule has 5 heteroatoms. The Morgan fingerprint density at radius 3 is 2.53 bits per heavy atom. The molecule has 0 aliphatic heterocycles. The van der Waals surface area contributed by atoms with Gasteiger partial charge in [-0.3, -0.25) is 5.32 Å². The first kappa shape index (κ1) is 13.2. The van der Waals surface area contributed by atoms with Gasteiger partial charge in [-0.1, -0.05) is 6.07 Å². The van der Waals surface area contributed by atoms with E-state index in [1.807, 2.05) is 0 Å². The van der Waals surface area contributed by atoms with Crippen LogP contribution in [0, 0.1) is 11.8 Å². The number of hydrogen-bond acceptors (Lipinski definition) is 4. The van der Waals surface area contributed by atoms with Gasteiger partial charge in [-0.2, -0.15) is 0 Å². The number of benzene rings is 1. The highest BCUT2D eigenvalue weighted by Crippen LogP contribution is 2.23. The fourth-order valence-electron chi connectivity index (χ4n) is 1.21. The molecule has 0 radical (unpaired) electrons. The van der Waals surface area contributed by atoms with Crippen LogP contribution in [0.2, 0.25) is 0 Å². The van der Waals surface area contributed by atoms with E-state index in [0.29, 0.717) is 11.4 Å². The molecule has 0 bridgehead atoms. The lowest BCUT2D eigenvalue weighted by atomic mass is 10.2. The van der Waals surface area contributed by atoms with Crippen LogP contribution in [0.3, 0.4) is 0 Å². The maximum Gasteiger partial charge on any atom is 0.412 e. The van der Waals surface area contributed by atoms with Gasteiger partial charge >= 0.3 is 6.09 Å².